The normalized spacial score (nSPS) is 16.1. The first-order valence-electron chi connectivity index (χ1n) is 7.90. The topological polar surface area (TPSA) is 76.0 Å². The number of aryl methyl sites for hydroxylation is 1. The zero-order valence-electron chi connectivity index (χ0n) is 14.6. The van der Waals surface area contributed by atoms with E-state index in [1.165, 1.54) is 26.2 Å². The van der Waals surface area contributed by atoms with Crippen molar-refractivity contribution >= 4 is 28.0 Å². The van der Waals surface area contributed by atoms with Gasteiger partial charge in [0.1, 0.15) is 0 Å². The average molecular weight is 370 g/mol. The largest absolute Gasteiger partial charge is 0.402 e. The number of aliphatic imine (C=N–C) groups is 1. The molecule has 0 radical (unpaired) electrons. The monoisotopic (exact) mass is 370 g/mol. The van der Waals surface area contributed by atoms with Crippen molar-refractivity contribution in [2.24, 2.45) is 4.99 Å². The highest BCUT2D eigenvalue weighted by molar-refractivity contribution is 7.89. The number of nitrogens with zero attached hydrogens (tertiary/aromatic N) is 2. The number of ether oxygens (including phenoxy) is 1. The molecule has 7 heteroatoms. The zero-order chi connectivity index (χ0) is 18.9. The van der Waals surface area contributed by atoms with E-state index in [1.807, 2.05) is 31.2 Å². The molecule has 0 saturated heterocycles. The van der Waals surface area contributed by atoms with Crippen LogP contribution in [0.3, 0.4) is 0 Å². The number of carbonyl (C=O) groups excluding carboxylic acids is 1. The van der Waals surface area contributed by atoms with E-state index < -0.39 is 16.0 Å². The van der Waals surface area contributed by atoms with E-state index in [2.05, 4.69) is 4.99 Å². The standard InChI is InChI=1S/C19H18N2O4S/c1-13-7-4-5-8-14(13)12-17-19(22)25-18(20-17)15-9-6-10-16(11-15)26(23,24)21(2)3/h4-12H,1-3H3/b17-12-. The van der Waals surface area contributed by atoms with Crippen LogP contribution in [0.4, 0.5) is 0 Å². The molecule has 3 rings (SSSR count). The van der Waals surface area contributed by atoms with E-state index in [0.717, 1.165) is 15.4 Å². The van der Waals surface area contributed by atoms with Crippen LogP contribution in [0.25, 0.3) is 6.08 Å². The smallest absolute Gasteiger partial charge is 0.363 e. The molecule has 2 aromatic rings. The van der Waals surface area contributed by atoms with Crippen LogP contribution in [0.2, 0.25) is 0 Å². The molecule has 1 aliphatic rings. The van der Waals surface area contributed by atoms with Crippen molar-refractivity contribution in [1.82, 2.24) is 4.31 Å². The zero-order valence-corrected chi connectivity index (χ0v) is 15.4. The van der Waals surface area contributed by atoms with Crippen molar-refractivity contribution in [2.45, 2.75) is 11.8 Å². The fourth-order valence-electron chi connectivity index (χ4n) is 2.43. The predicted octanol–water partition coefficient (Wildman–Crippen LogP) is 2.59. The summed E-state index contributed by atoms with van der Waals surface area (Å²) in [4.78, 5) is 16.5. The summed E-state index contributed by atoms with van der Waals surface area (Å²) in [5.41, 5.74) is 2.48. The van der Waals surface area contributed by atoms with Gasteiger partial charge in [0.05, 0.1) is 4.90 Å². The number of carbonyl (C=O) groups is 1. The second-order valence-electron chi connectivity index (χ2n) is 6.01. The van der Waals surface area contributed by atoms with Gasteiger partial charge in [0.15, 0.2) is 5.70 Å². The number of hydrogen-bond donors (Lipinski definition) is 0. The lowest BCUT2D eigenvalue weighted by Crippen LogP contribution is -2.22. The van der Waals surface area contributed by atoms with Crippen molar-refractivity contribution in [3.8, 4) is 0 Å². The van der Waals surface area contributed by atoms with Gasteiger partial charge in [0, 0.05) is 19.7 Å². The summed E-state index contributed by atoms with van der Waals surface area (Å²) < 4.78 is 30.9. The first-order valence-corrected chi connectivity index (χ1v) is 9.34. The number of esters is 1. The number of benzene rings is 2. The molecule has 0 bridgehead atoms. The van der Waals surface area contributed by atoms with Crippen molar-refractivity contribution in [2.75, 3.05) is 14.1 Å². The predicted molar refractivity (Wildman–Crippen MR) is 99.1 cm³/mol. The molecule has 0 saturated carbocycles. The lowest BCUT2D eigenvalue weighted by atomic mass is 10.1. The van der Waals surface area contributed by atoms with E-state index >= 15 is 0 Å². The van der Waals surface area contributed by atoms with Crippen molar-refractivity contribution < 1.29 is 17.9 Å². The molecule has 2 aromatic carbocycles. The van der Waals surface area contributed by atoms with Gasteiger partial charge in [-0.3, -0.25) is 0 Å². The third-order valence-corrected chi connectivity index (χ3v) is 5.77. The van der Waals surface area contributed by atoms with E-state index in [0.29, 0.717) is 5.56 Å². The Morgan fingerprint density at radius 1 is 1.08 bits per heavy atom. The number of hydrogen-bond acceptors (Lipinski definition) is 5. The maximum Gasteiger partial charge on any atom is 0.363 e. The number of sulfonamides is 1. The fraction of sp³-hybridized carbons (Fsp3) is 0.158. The SMILES string of the molecule is Cc1ccccc1/C=C1\N=C(c2cccc(S(=O)(=O)N(C)C)c2)OC1=O. The van der Waals surface area contributed by atoms with E-state index in [-0.39, 0.29) is 16.5 Å². The second-order valence-corrected chi connectivity index (χ2v) is 8.16. The van der Waals surface area contributed by atoms with E-state index in [4.69, 9.17) is 4.74 Å². The quantitative estimate of drug-likeness (QED) is 0.612. The molecule has 0 fully saturated rings. The third-order valence-electron chi connectivity index (χ3n) is 3.96. The Bertz CT molecular complexity index is 1040. The molecule has 0 spiro atoms. The van der Waals surface area contributed by atoms with Crippen LogP contribution >= 0.6 is 0 Å². The Morgan fingerprint density at radius 3 is 2.50 bits per heavy atom. The van der Waals surface area contributed by atoms with Gasteiger partial charge in [-0.05, 0) is 42.3 Å². The van der Waals surface area contributed by atoms with E-state index in [1.54, 1.807) is 18.2 Å². The molecular formula is C19H18N2O4S. The Kier molecular flexibility index (Phi) is 4.76. The van der Waals surface area contributed by atoms with Crippen molar-refractivity contribution in [3.63, 3.8) is 0 Å². The van der Waals surface area contributed by atoms with Crippen LogP contribution in [0.5, 0.6) is 0 Å². The van der Waals surface area contributed by atoms with Crippen LogP contribution in [0.15, 0.2) is 64.1 Å². The Hall–Kier alpha value is -2.77. The molecular weight excluding hydrogens is 352 g/mol. The van der Waals surface area contributed by atoms with E-state index in [9.17, 15) is 13.2 Å². The van der Waals surface area contributed by atoms with Crippen LogP contribution in [0.1, 0.15) is 16.7 Å². The minimum Gasteiger partial charge on any atom is -0.402 e. The number of rotatable bonds is 4. The lowest BCUT2D eigenvalue weighted by molar-refractivity contribution is -0.129. The third kappa shape index (κ3) is 3.44. The van der Waals surface area contributed by atoms with Crippen LogP contribution in [-0.2, 0) is 19.6 Å². The highest BCUT2D eigenvalue weighted by atomic mass is 32.2. The molecule has 0 atom stereocenters. The van der Waals surface area contributed by atoms with Crippen LogP contribution in [-0.4, -0.2) is 38.7 Å². The Labute approximate surface area is 152 Å². The van der Waals surface area contributed by atoms with Crippen LogP contribution < -0.4 is 0 Å². The van der Waals surface area contributed by atoms with Gasteiger partial charge in [-0.1, -0.05) is 30.3 Å². The van der Waals surface area contributed by atoms with Gasteiger partial charge in [-0.15, -0.1) is 0 Å². The summed E-state index contributed by atoms with van der Waals surface area (Å²) in [6.45, 7) is 1.94. The van der Waals surface area contributed by atoms with Crippen LogP contribution in [0, 0.1) is 6.92 Å². The number of cyclic esters (lactones) is 1. The average Bonchev–Trinajstić information content (AvgIpc) is 2.98. The molecule has 6 nitrogen and oxygen atoms in total. The maximum atomic E-state index is 12.3. The minimum absolute atomic E-state index is 0.0886. The molecule has 0 aromatic heterocycles. The highest BCUT2D eigenvalue weighted by Crippen LogP contribution is 2.22. The molecule has 1 aliphatic heterocycles. The first-order chi connectivity index (χ1) is 12.3. The maximum absolute atomic E-state index is 12.3. The summed E-state index contributed by atoms with van der Waals surface area (Å²) >= 11 is 0. The minimum atomic E-state index is -3.59. The first kappa shape index (κ1) is 18.0. The fourth-order valence-corrected chi connectivity index (χ4v) is 3.38. The van der Waals surface area contributed by atoms with Gasteiger partial charge in [0.2, 0.25) is 15.9 Å². The molecule has 1 heterocycles. The van der Waals surface area contributed by atoms with Crippen molar-refractivity contribution in [1.29, 1.82) is 0 Å². The Balaban J connectivity index is 1.99. The molecule has 0 amide bonds. The van der Waals surface area contributed by atoms with Gasteiger partial charge in [-0.2, -0.15) is 0 Å². The molecule has 26 heavy (non-hydrogen) atoms. The molecule has 0 aliphatic carbocycles. The van der Waals surface area contributed by atoms with Gasteiger partial charge in [-0.25, -0.2) is 22.5 Å². The molecule has 134 valence electrons. The molecule has 0 unspecified atom stereocenters. The van der Waals surface area contributed by atoms with Crippen molar-refractivity contribution in [3.05, 3.63) is 70.9 Å². The summed E-state index contributed by atoms with van der Waals surface area (Å²) in [7, 11) is -0.674. The lowest BCUT2D eigenvalue weighted by Gasteiger charge is -2.11. The summed E-state index contributed by atoms with van der Waals surface area (Å²) in [5, 5.41) is 0. The summed E-state index contributed by atoms with van der Waals surface area (Å²) in [6, 6.07) is 13.8. The van der Waals surface area contributed by atoms with Gasteiger partial charge >= 0.3 is 5.97 Å². The highest BCUT2D eigenvalue weighted by Gasteiger charge is 2.26. The van der Waals surface area contributed by atoms with Gasteiger partial charge < -0.3 is 4.74 Å². The summed E-state index contributed by atoms with van der Waals surface area (Å²) in [5.74, 6) is -0.477. The summed E-state index contributed by atoms with van der Waals surface area (Å²) in [6.07, 6.45) is 1.66. The van der Waals surface area contributed by atoms with Gasteiger partial charge in [0.25, 0.3) is 0 Å². The molecule has 0 N–H and O–H groups in total. The Morgan fingerprint density at radius 2 is 1.81 bits per heavy atom. The second kappa shape index (κ2) is 6.86.